The van der Waals surface area contributed by atoms with E-state index in [1.807, 2.05) is 0 Å². The largest absolute Gasteiger partial charge is 0.473 e. The van der Waals surface area contributed by atoms with E-state index in [4.69, 9.17) is 5.11 Å². The second-order valence-corrected chi connectivity index (χ2v) is 2.17. The van der Waals surface area contributed by atoms with E-state index in [0.717, 1.165) is 8.93 Å². The van der Waals surface area contributed by atoms with Crippen LogP contribution in [-0.2, 0) is 0 Å². The van der Waals surface area contributed by atoms with Crippen LogP contribution in [0.5, 0.6) is 0 Å². The van der Waals surface area contributed by atoms with Gasteiger partial charge in [0.25, 0.3) is 0 Å². The summed E-state index contributed by atoms with van der Waals surface area (Å²) >= 11 is 1.69. The van der Waals surface area contributed by atoms with Gasteiger partial charge in [-0.25, -0.2) is 4.79 Å². The topological polar surface area (TPSA) is 37.3 Å². The van der Waals surface area contributed by atoms with Gasteiger partial charge in [0.2, 0.25) is 0 Å². The summed E-state index contributed by atoms with van der Waals surface area (Å²) in [6, 6.07) is 0. The van der Waals surface area contributed by atoms with E-state index in [1.165, 1.54) is 0 Å². The second-order valence-electron chi connectivity index (χ2n) is 0.343. The third-order valence-corrected chi connectivity index (χ3v) is 1.33. The molecular weight excluding hydrogens is 203 g/mol. The van der Waals surface area contributed by atoms with Crippen LogP contribution in [-0.4, -0.2) is 10.4 Å². The molecule has 0 spiro atoms. The van der Waals surface area contributed by atoms with Crippen LogP contribution in [0.25, 0.3) is 0 Å². The van der Waals surface area contributed by atoms with E-state index < -0.39 is 5.30 Å². The number of carbonyl (C=O) groups is 1. The zero-order valence-electron chi connectivity index (χ0n) is 2.14. The number of rotatable bonds is 0. The molecule has 0 fully saturated rings. The molecule has 0 aromatic rings. The lowest BCUT2D eigenvalue weighted by molar-refractivity contribution is 0.222. The quantitative estimate of drug-likeness (QED) is 0.610. The Labute approximate surface area is 45.5 Å². The summed E-state index contributed by atoms with van der Waals surface area (Å²) in [5.41, 5.74) is 0. The molecule has 0 saturated carbocycles. The summed E-state index contributed by atoms with van der Waals surface area (Å²) in [4.78, 5) is 9.32. The maximum absolute atomic E-state index is 9.32. The number of hydrogen-bond donors (Lipinski definition) is 1. The molecule has 0 atom stereocenters. The minimum Gasteiger partial charge on any atom is -0.473 e. The summed E-state index contributed by atoms with van der Waals surface area (Å²) < 4.78 is 0. The van der Waals surface area contributed by atoms with Gasteiger partial charge in [0.05, 0.1) is 0 Å². The van der Waals surface area contributed by atoms with E-state index in [0.29, 0.717) is 0 Å². The van der Waals surface area contributed by atoms with Gasteiger partial charge in [0.15, 0.2) is 0 Å². The molecule has 0 radical (unpaired) electrons. The third-order valence-electron chi connectivity index (χ3n) is 0.0660. The fourth-order valence-corrected chi connectivity index (χ4v) is 0. The molecule has 0 unspecified atom stereocenters. The van der Waals surface area contributed by atoms with Crippen LogP contribution in [0.4, 0.5) is 4.79 Å². The van der Waals surface area contributed by atoms with Gasteiger partial charge in [-0.05, 0) is 0 Å². The zero-order valence-corrected chi connectivity index (χ0v) is 5.12. The van der Waals surface area contributed by atoms with E-state index >= 15 is 0 Å². The summed E-state index contributed by atoms with van der Waals surface area (Å²) in [6.07, 6.45) is 0. The maximum Gasteiger partial charge on any atom is 0.375 e. The molecule has 1 N–H and O–H groups in total. The predicted molar refractivity (Wildman–Crippen MR) is 29.6 cm³/mol. The van der Waals surface area contributed by atoms with Crippen LogP contribution in [0.1, 0.15) is 0 Å². The first kappa shape index (κ1) is 5.55. The van der Waals surface area contributed by atoms with E-state index in [9.17, 15) is 4.79 Å². The first-order chi connectivity index (χ1) is 2.27. The molecule has 0 bridgehead atoms. The summed E-state index contributed by atoms with van der Waals surface area (Å²) in [7, 11) is 0.766. The van der Waals surface area contributed by atoms with Crippen LogP contribution in [0.3, 0.4) is 0 Å². The SMILES string of the molecule is O=C(O)SI. The number of carboxylic acid groups (broad SMARTS) is 1. The van der Waals surface area contributed by atoms with Crippen molar-refractivity contribution in [2.45, 2.75) is 0 Å². The monoisotopic (exact) mass is 204 g/mol. The van der Waals surface area contributed by atoms with Crippen molar-refractivity contribution in [3.8, 4) is 0 Å². The molecule has 0 aliphatic carbocycles. The standard InChI is InChI=1S/CHIO2S/c2-5-1(3)4/h(H,3,4). The second kappa shape index (κ2) is 2.77. The lowest BCUT2D eigenvalue weighted by Gasteiger charge is -1.68. The Kier molecular flexibility index (Phi) is 3.07. The average molecular weight is 204 g/mol. The van der Waals surface area contributed by atoms with Crippen molar-refractivity contribution in [3.63, 3.8) is 0 Å². The molecule has 5 heavy (non-hydrogen) atoms. The van der Waals surface area contributed by atoms with Gasteiger partial charge in [-0.15, -0.1) is 0 Å². The number of halogens is 1. The minimum atomic E-state index is -0.842. The highest BCUT2D eigenvalue weighted by Crippen LogP contribution is 2.09. The van der Waals surface area contributed by atoms with Crippen molar-refractivity contribution in [2.24, 2.45) is 0 Å². The summed E-state index contributed by atoms with van der Waals surface area (Å²) in [5.74, 6) is 0. The van der Waals surface area contributed by atoms with Gasteiger partial charge < -0.3 is 5.11 Å². The highest BCUT2D eigenvalue weighted by Gasteiger charge is 1.84. The Morgan fingerprint density at radius 1 is 2.00 bits per heavy atom. The van der Waals surface area contributed by atoms with Gasteiger partial charge >= 0.3 is 5.30 Å². The van der Waals surface area contributed by atoms with Crippen molar-refractivity contribution in [3.05, 3.63) is 0 Å². The first-order valence-electron chi connectivity index (χ1n) is 0.786. The maximum atomic E-state index is 9.32. The van der Waals surface area contributed by atoms with Crippen LogP contribution in [0.2, 0.25) is 0 Å². The van der Waals surface area contributed by atoms with Gasteiger partial charge in [-0.1, -0.05) is 0 Å². The summed E-state index contributed by atoms with van der Waals surface area (Å²) in [5, 5.41) is 6.84. The molecule has 4 heteroatoms. The lowest BCUT2D eigenvalue weighted by atomic mass is 11.6. The van der Waals surface area contributed by atoms with Gasteiger partial charge in [0.1, 0.15) is 0 Å². The van der Waals surface area contributed by atoms with Gasteiger partial charge in [0, 0.05) is 30.1 Å². The van der Waals surface area contributed by atoms with Crippen molar-refractivity contribution in [1.29, 1.82) is 0 Å². The Morgan fingerprint density at radius 2 is 2.20 bits per heavy atom. The van der Waals surface area contributed by atoms with Gasteiger partial charge in [-0.2, -0.15) is 0 Å². The van der Waals surface area contributed by atoms with Crippen LogP contribution in [0.15, 0.2) is 0 Å². The zero-order chi connectivity index (χ0) is 4.28. The molecule has 0 amide bonds. The lowest BCUT2D eigenvalue weighted by Crippen LogP contribution is -1.71. The molecule has 0 heterocycles. The highest BCUT2D eigenvalue weighted by molar-refractivity contribution is 14.2. The Morgan fingerprint density at radius 3 is 2.20 bits per heavy atom. The molecule has 0 aliphatic rings. The first-order valence-corrected chi connectivity index (χ1v) is 4.15. The molecule has 2 nitrogen and oxygen atoms in total. The molecule has 0 saturated heterocycles. The van der Waals surface area contributed by atoms with E-state index in [-0.39, 0.29) is 0 Å². The molecule has 30 valence electrons. The van der Waals surface area contributed by atoms with Crippen LogP contribution >= 0.6 is 30.1 Å². The number of hydrogen-bond acceptors (Lipinski definition) is 2. The van der Waals surface area contributed by atoms with Crippen LogP contribution < -0.4 is 0 Å². The average Bonchev–Trinajstić information content (AvgIpc) is 1.38. The smallest absolute Gasteiger partial charge is 0.375 e. The molecule has 0 rings (SSSR count). The predicted octanol–water partition coefficient (Wildman–Crippen LogP) is 1.75. The Balaban J connectivity index is 2.85. The van der Waals surface area contributed by atoms with Crippen molar-refractivity contribution in [2.75, 3.05) is 0 Å². The fourth-order valence-electron chi connectivity index (χ4n) is 0. The fraction of sp³-hybridized carbons (Fsp3) is 0. The molecular formula is CHIO2S. The normalized spacial score (nSPS) is 7.40. The van der Waals surface area contributed by atoms with Crippen molar-refractivity contribution >= 4 is 35.4 Å². The minimum absolute atomic E-state index is 0.766. The third kappa shape index (κ3) is 4.55. The van der Waals surface area contributed by atoms with Gasteiger partial charge in [-0.3, -0.25) is 0 Å². The molecule has 0 aromatic carbocycles. The van der Waals surface area contributed by atoms with Crippen molar-refractivity contribution < 1.29 is 9.90 Å². The highest BCUT2D eigenvalue weighted by atomic mass is 127. The Hall–Kier alpha value is 0.550. The molecule has 0 aliphatic heterocycles. The van der Waals surface area contributed by atoms with Crippen molar-refractivity contribution in [1.82, 2.24) is 0 Å². The Bertz CT molecular complexity index is 44.9. The van der Waals surface area contributed by atoms with Crippen LogP contribution in [0, 0.1) is 0 Å². The summed E-state index contributed by atoms with van der Waals surface area (Å²) in [6.45, 7) is 0. The molecule has 0 aromatic heterocycles. The van der Waals surface area contributed by atoms with E-state index in [2.05, 4.69) is 0 Å². The van der Waals surface area contributed by atoms with E-state index in [1.54, 1.807) is 21.2 Å².